The van der Waals surface area contributed by atoms with Crippen molar-refractivity contribution in [2.24, 2.45) is 0 Å². The molecule has 0 aliphatic rings. The Hall–Kier alpha value is -7.48. The van der Waals surface area contributed by atoms with Gasteiger partial charge in [0.05, 0.1) is 5.69 Å². The van der Waals surface area contributed by atoms with E-state index in [0.29, 0.717) is 0 Å². The summed E-state index contributed by atoms with van der Waals surface area (Å²) in [7, 11) is 0. The maximum absolute atomic E-state index is 2.43. The number of benzene rings is 11. The second-order valence-electron chi connectivity index (χ2n) is 14.9. The monoisotopic (exact) mass is 723 g/mol. The lowest BCUT2D eigenvalue weighted by molar-refractivity contribution is 1.30. The lowest BCUT2D eigenvalue weighted by Crippen LogP contribution is -2.10. The van der Waals surface area contributed by atoms with E-state index < -0.39 is 0 Å². The number of rotatable bonds is 6. The van der Waals surface area contributed by atoms with Crippen LogP contribution in [0.2, 0.25) is 0 Å². The highest BCUT2D eigenvalue weighted by Crippen LogP contribution is 2.44. The van der Waals surface area contributed by atoms with Gasteiger partial charge in [0.1, 0.15) is 0 Å². The lowest BCUT2D eigenvalue weighted by Gasteiger charge is -2.28. The van der Waals surface area contributed by atoms with Gasteiger partial charge < -0.3 is 4.90 Å². The van der Waals surface area contributed by atoms with E-state index >= 15 is 0 Å². The van der Waals surface area contributed by atoms with E-state index in [2.05, 4.69) is 229 Å². The summed E-state index contributed by atoms with van der Waals surface area (Å²) in [6, 6.07) is 82.1. The highest BCUT2D eigenvalue weighted by molar-refractivity contribution is 6.18. The Bertz CT molecular complexity index is 3280. The number of nitrogens with zero attached hydrogens (tertiary/aromatic N) is 1. The molecule has 0 N–H and O–H groups in total. The summed E-state index contributed by atoms with van der Waals surface area (Å²) in [6.45, 7) is 0. The molecule has 11 aromatic carbocycles. The zero-order valence-electron chi connectivity index (χ0n) is 31.3. The predicted molar refractivity (Wildman–Crippen MR) is 245 cm³/mol. The first-order chi connectivity index (χ1) is 28.3. The minimum Gasteiger partial charge on any atom is -0.310 e. The van der Waals surface area contributed by atoms with Crippen LogP contribution < -0.4 is 4.90 Å². The maximum atomic E-state index is 2.43. The molecule has 57 heavy (non-hydrogen) atoms. The summed E-state index contributed by atoms with van der Waals surface area (Å²) in [5, 5.41) is 12.6. The van der Waals surface area contributed by atoms with Crippen LogP contribution in [0.3, 0.4) is 0 Å². The molecule has 0 fully saturated rings. The van der Waals surface area contributed by atoms with Gasteiger partial charge in [-0.1, -0.05) is 188 Å². The van der Waals surface area contributed by atoms with E-state index in [1.807, 2.05) is 0 Å². The van der Waals surface area contributed by atoms with Gasteiger partial charge in [-0.25, -0.2) is 0 Å². The first-order valence-corrected chi connectivity index (χ1v) is 19.7. The van der Waals surface area contributed by atoms with Crippen LogP contribution in [0.1, 0.15) is 0 Å². The SMILES string of the molecule is c1ccc(-c2ccc(N(c3cccc(-c4cccc5ccccc45)c3)c3ccc(-c4ccc5ccc6c7ccccc7ccc6c5c4)c4ccccc34)cc2)cc1. The molecule has 0 spiro atoms. The molecule has 0 heterocycles. The Morgan fingerprint density at radius 3 is 1.56 bits per heavy atom. The Labute approximate surface area is 332 Å². The largest absolute Gasteiger partial charge is 0.310 e. The molecule has 11 rings (SSSR count). The van der Waals surface area contributed by atoms with Crippen LogP contribution in [0.25, 0.3) is 87.2 Å². The molecule has 0 aliphatic heterocycles. The van der Waals surface area contributed by atoms with Gasteiger partial charge in [0.2, 0.25) is 0 Å². The highest BCUT2D eigenvalue weighted by atomic mass is 15.1. The summed E-state index contributed by atoms with van der Waals surface area (Å²) < 4.78 is 0. The smallest absolute Gasteiger partial charge is 0.0540 e. The van der Waals surface area contributed by atoms with Crippen molar-refractivity contribution in [2.45, 2.75) is 0 Å². The van der Waals surface area contributed by atoms with Crippen LogP contribution in [0.4, 0.5) is 17.1 Å². The second-order valence-corrected chi connectivity index (χ2v) is 14.9. The first kappa shape index (κ1) is 32.9. The highest BCUT2D eigenvalue weighted by Gasteiger charge is 2.19. The van der Waals surface area contributed by atoms with Crippen LogP contribution in [0.5, 0.6) is 0 Å². The normalized spacial score (nSPS) is 11.5. The third-order valence-electron chi connectivity index (χ3n) is 11.6. The molecule has 0 atom stereocenters. The van der Waals surface area contributed by atoms with Gasteiger partial charge in [-0.15, -0.1) is 0 Å². The van der Waals surface area contributed by atoms with E-state index in [9.17, 15) is 0 Å². The Morgan fingerprint density at radius 2 is 0.754 bits per heavy atom. The first-order valence-electron chi connectivity index (χ1n) is 19.7. The van der Waals surface area contributed by atoms with Crippen LogP contribution >= 0.6 is 0 Å². The van der Waals surface area contributed by atoms with Crippen molar-refractivity contribution in [3.05, 3.63) is 224 Å². The predicted octanol–water partition coefficient (Wildman–Crippen LogP) is 15.9. The molecule has 1 heteroatoms. The number of fused-ring (bicyclic) bond motifs is 7. The van der Waals surface area contributed by atoms with Crippen LogP contribution in [-0.4, -0.2) is 0 Å². The summed E-state index contributed by atoms with van der Waals surface area (Å²) in [5.41, 5.74) is 10.6. The summed E-state index contributed by atoms with van der Waals surface area (Å²) in [5.74, 6) is 0. The fourth-order valence-electron chi connectivity index (χ4n) is 8.87. The second kappa shape index (κ2) is 13.7. The molecule has 0 saturated heterocycles. The fraction of sp³-hybridized carbons (Fsp3) is 0. The van der Waals surface area contributed by atoms with E-state index in [1.165, 1.54) is 87.2 Å². The van der Waals surface area contributed by atoms with Gasteiger partial charge in [-0.2, -0.15) is 0 Å². The molecule has 0 aliphatic carbocycles. The average molecular weight is 724 g/mol. The van der Waals surface area contributed by atoms with Gasteiger partial charge >= 0.3 is 0 Å². The Kier molecular flexibility index (Phi) is 7.89. The van der Waals surface area contributed by atoms with Crippen molar-refractivity contribution in [1.29, 1.82) is 0 Å². The molecule has 0 saturated carbocycles. The van der Waals surface area contributed by atoms with E-state index in [-0.39, 0.29) is 0 Å². The van der Waals surface area contributed by atoms with Gasteiger partial charge in [0, 0.05) is 16.8 Å². The van der Waals surface area contributed by atoms with Crippen molar-refractivity contribution in [3.63, 3.8) is 0 Å². The van der Waals surface area contributed by atoms with Crippen LogP contribution in [0.15, 0.2) is 224 Å². The molecule has 11 aromatic rings. The van der Waals surface area contributed by atoms with Gasteiger partial charge in [-0.05, 0) is 118 Å². The molecule has 1 nitrogen and oxygen atoms in total. The zero-order chi connectivity index (χ0) is 37.7. The van der Waals surface area contributed by atoms with Crippen LogP contribution in [-0.2, 0) is 0 Å². The van der Waals surface area contributed by atoms with Crippen molar-refractivity contribution < 1.29 is 0 Å². The Morgan fingerprint density at radius 1 is 0.228 bits per heavy atom. The maximum Gasteiger partial charge on any atom is 0.0540 e. The summed E-state index contributed by atoms with van der Waals surface area (Å²) >= 11 is 0. The quantitative estimate of drug-likeness (QED) is 0.154. The third kappa shape index (κ3) is 5.72. The topological polar surface area (TPSA) is 3.24 Å². The van der Waals surface area contributed by atoms with Gasteiger partial charge in [0.25, 0.3) is 0 Å². The van der Waals surface area contributed by atoms with Gasteiger partial charge in [-0.3, -0.25) is 0 Å². The summed E-state index contributed by atoms with van der Waals surface area (Å²) in [6.07, 6.45) is 0. The minimum atomic E-state index is 1.10. The van der Waals surface area contributed by atoms with Crippen molar-refractivity contribution >= 4 is 70.9 Å². The van der Waals surface area contributed by atoms with Crippen LogP contribution in [0, 0.1) is 0 Å². The molecule has 0 radical (unpaired) electrons. The minimum absolute atomic E-state index is 1.10. The molecular weight excluding hydrogens is 687 g/mol. The number of anilines is 3. The van der Waals surface area contributed by atoms with E-state index in [0.717, 1.165) is 17.1 Å². The standard InChI is InChI=1S/C56H37N/c1-2-12-38(13-3-1)39-26-30-45(31-27-39)57(46-18-10-17-43(36-46)49-23-11-16-40-14-4-6-19-47(40)49)56-35-34-50(51-21-8-9-22-54(51)56)44-25-24-42-29-32-52-48-20-7-5-15-41(48)28-33-53(52)55(42)37-44/h1-37H. The lowest BCUT2D eigenvalue weighted by atomic mass is 9.92. The fourth-order valence-corrected chi connectivity index (χ4v) is 8.87. The molecule has 0 aromatic heterocycles. The third-order valence-corrected chi connectivity index (χ3v) is 11.6. The number of hydrogen-bond donors (Lipinski definition) is 0. The van der Waals surface area contributed by atoms with E-state index in [1.54, 1.807) is 0 Å². The van der Waals surface area contributed by atoms with Crippen molar-refractivity contribution in [2.75, 3.05) is 4.90 Å². The Balaban J connectivity index is 1.09. The number of hydrogen-bond acceptors (Lipinski definition) is 1. The zero-order valence-corrected chi connectivity index (χ0v) is 31.3. The summed E-state index contributed by atoms with van der Waals surface area (Å²) in [4.78, 5) is 2.43. The van der Waals surface area contributed by atoms with Gasteiger partial charge in [0.15, 0.2) is 0 Å². The average Bonchev–Trinajstić information content (AvgIpc) is 3.29. The molecule has 266 valence electrons. The molecule has 0 amide bonds. The molecule has 0 bridgehead atoms. The molecule has 0 unspecified atom stereocenters. The molecular formula is C56H37N. The van der Waals surface area contributed by atoms with Crippen molar-refractivity contribution in [1.82, 2.24) is 0 Å². The van der Waals surface area contributed by atoms with Crippen molar-refractivity contribution in [3.8, 4) is 33.4 Å². The van der Waals surface area contributed by atoms with E-state index in [4.69, 9.17) is 0 Å².